The van der Waals surface area contributed by atoms with Crippen LogP contribution in [0, 0.1) is 0 Å². The Hall–Kier alpha value is -1.09. The van der Waals surface area contributed by atoms with E-state index in [4.69, 9.17) is 9.84 Å². The van der Waals surface area contributed by atoms with E-state index in [0.717, 1.165) is 0 Å². The molecule has 0 rings (SSSR count). The van der Waals surface area contributed by atoms with Gasteiger partial charge >= 0.3 is 5.97 Å². The molecule has 0 spiro atoms. The zero-order valence-corrected chi connectivity index (χ0v) is 8.12. The minimum atomic E-state index is -0.661. The van der Waals surface area contributed by atoms with Gasteiger partial charge in [-0.05, 0) is 19.4 Å². The number of ether oxygens (including phenoxy) is 1. The number of hydrogen-bond donors (Lipinski definition) is 1. The molecule has 1 N–H and O–H groups in total. The molecule has 0 aliphatic carbocycles. The van der Waals surface area contributed by atoms with Crippen LogP contribution < -0.4 is 0 Å². The highest BCUT2D eigenvalue weighted by Gasteiger charge is 2.14. The van der Waals surface area contributed by atoms with Crippen molar-refractivity contribution in [2.24, 2.45) is 0 Å². The Kier molecular flexibility index (Phi) is 5.07. The van der Waals surface area contributed by atoms with E-state index in [1.54, 1.807) is 13.8 Å². The van der Waals surface area contributed by atoms with E-state index in [-0.39, 0.29) is 12.4 Å². The van der Waals surface area contributed by atoms with Gasteiger partial charge in [-0.25, -0.2) is 0 Å². The van der Waals surface area contributed by atoms with E-state index >= 15 is 0 Å². The predicted molar refractivity (Wildman–Crippen MR) is 51.2 cm³/mol. The fraction of sp³-hybridized carbons (Fsp3) is 0.500. The number of aliphatic hydroxyl groups is 1. The number of rotatable bonds is 5. The lowest BCUT2D eigenvalue weighted by Gasteiger charge is -2.17. The molecule has 0 amide bonds. The van der Waals surface area contributed by atoms with Crippen molar-refractivity contribution in [3.05, 3.63) is 24.8 Å². The van der Waals surface area contributed by atoms with E-state index < -0.39 is 12.2 Å². The first kappa shape index (κ1) is 11.9. The summed E-state index contributed by atoms with van der Waals surface area (Å²) in [5, 5.41) is 9.12. The van der Waals surface area contributed by atoms with Crippen molar-refractivity contribution in [1.82, 2.24) is 0 Å². The van der Waals surface area contributed by atoms with Gasteiger partial charge in [-0.1, -0.05) is 12.7 Å². The van der Waals surface area contributed by atoms with Crippen molar-refractivity contribution >= 4 is 5.97 Å². The number of carbonyl (C=O) groups excluding carboxylic acids is 1. The molecular formula is C10H16O3. The fourth-order valence-corrected chi connectivity index (χ4v) is 0.778. The standard InChI is InChI=1S/C10H16O3/c1-5-6-10(12)13-9(4)7(2)8(3)11/h5,8-9,11H,1-2,6H2,3-4H3/t8-,9-/m0/s1. The Morgan fingerprint density at radius 3 is 2.54 bits per heavy atom. The van der Waals surface area contributed by atoms with E-state index in [9.17, 15) is 4.79 Å². The maximum atomic E-state index is 11.0. The van der Waals surface area contributed by atoms with Gasteiger partial charge < -0.3 is 9.84 Å². The molecule has 0 saturated carbocycles. The number of esters is 1. The van der Waals surface area contributed by atoms with Crippen molar-refractivity contribution in [3.8, 4) is 0 Å². The van der Waals surface area contributed by atoms with E-state index in [0.29, 0.717) is 5.57 Å². The van der Waals surface area contributed by atoms with Gasteiger partial charge in [-0.15, -0.1) is 6.58 Å². The highest BCUT2D eigenvalue weighted by atomic mass is 16.5. The zero-order valence-electron chi connectivity index (χ0n) is 8.12. The van der Waals surface area contributed by atoms with E-state index in [1.165, 1.54) is 6.08 Å². The summed E-state index contributed by atoms with van der Waals surface area (Å²) in [6, 6.07) is 0. The molecule has 0 unspecified atom stereocenters. The van der Waals surface area contributed by atoms with Crippen molar-refractivity contribution < 1.29 is 14.6 Å². The third-order valence-electron chi connectivity index (χ3n) is 1.68. The molecule has 0 fully saturated rings. The first-order valence-electron chi connectivity index (χ1n) is 4.16. The van der Waals surface area contributed by atoms with Gasteiger partial charge in [0.25, 0.3) is 0 Å². The van der Waals surface area contributed by atoms with Crippen LogP contribution in [0.3, 0.4) is 0 Å². The lowest BCUT2D eigenvalue weighted by Crippen LogP contribution is -2.22. The average Bonchev–Trinajstić information content (AvgIpc) is 2.03. The van der Waals surface area contributed by atoms with Gasteiger partial charge in [0.15, 0.2) is 0 Å². The maximum absolute atomic E-state index is 11.0. The molecule has 0 saturated heterocycles. The molecule has 74 valence electrons. The predicted octanol–water partition coefficient (Wildman–Crippen LogP) is 1.43. The Bertz CT molecular complexity index is 206. The van der Waals surface area contributed by atoms with Crippen LogP contribution >= 0.6 is 0 Å². The molecule has 0 radical (unpaired) electrons. The smallest absolute Gasteiger partial charge is 0.310 e. The van der Waals surface area contributed by atoms with Crippen LogP contribution in [0.1, 0.15) is 20.3 Å². The molecule has 0 aromatic carbocycles. The molecule has 3 heteroatoms. The SMILES string of the molecule is C=CCC(=O)O[C@@H](C)C(=C)[C@H](C)O. The first-order valence-corrected chi connectivity index (χ1v) is 4.16. The molecule has 0 bridgehead atoms. The van der Waals surface area contributed by atoms with E-state index in [2.05, 4.69) is 13.2 Å². The molecule has 2 atom stereocenters. The minimum absolute atomic E-state index is 0.178. The second-order valence-corrected chi connectivity index (χ2v) is 2.88. The Labute approximate surface area is 78.7 Å². The summed E-state index contributed by atoms with van der Waals surface area (Å²) in [6.45, 7) is 10.3. The van der Waals surface area contributed by atoms with Gasteiger partial charge in [0.2, 0.25) is 0 Å². The average molecular weight is 184 g/mol. The zero-order chi connectivity index (χ0) is 10.4. The van der Waals surface area contributed by atoms with Crippen LogP contribution in [0.15, 0.2) is 24.8 Å². The van der Waals surface area contributed by atoms with Crippen LogP contribution in [0.5, 0.6) is 0 Å². The van der Waals surface area contributed by atoms with Gasteiger partial charge in [0, 0.05) is 0 Å². The molecule has 0 aliphatic rings. The molecule has 13 heavy (non-hydrogen) atoms. The lowest BCUT2D eigenvalue weighted by atomic mass is 10.1. The van der Waals surface area contributed by atoms with Crippen molar-refractivity contribution in [2.45, 2.75) is 32.5 Å². The summed E-state index contributed by atoms with van der Waals surface area (Å²) >= 11 is 0. The summed E-state index contributed by atoms with van der Waals surface area (Å²) in [7, 11) is 0. The minimum Gasteiger partial charge on any atom is -0.458 e. The van der Waals surface area contributed by atoms with Gasteiger partial charge in [0.1, 0.15) is 6.10 Å². The largest absolute Gasteiger partial charge is 0.458 e. The third-order valence-corrected chi connectivity index (χ3v) is 1.68. The number of aliphatic hydroxyl groups excluding tert-OH is 1. The van der Waals surface area contributed by atoms with Crippen molar-refractivity contribution in [2.75, 3.05) is 0 Å². The van der Waals surface area contributed by atoms with Gasteiger partial charge in [-0.2, -0.15) is 0 Å². The van der Waals surface area contributed by atoms with Gasteiger partial charge in [0.05, 0.1) is 12.5 Å². The van der Waals surface area contributed by atoms with Crippen LogP contribution in [-0.2, 0) is 9.53 Å². The monoisotopic (exact) mass is 184 g/mol. The Morgan fingerprint density at radius 2 is 2.15 bits per heavy atom. The molecule has 0 heterocycles. The first-order chi connectivity index (χ1) is 5.99. The molecule has 0 aliphatic heterocycles. The quantitative estimate of drug-likeness (QED) is 0.519. The number of hydrogen-bond acceptors (Lipinski definition) is 3. The summed E-state index contributed by atoms with van der Waals surface area (Å²) in [4.78, 5) is 11.0. The van der Waals surface area contributed by atoms with Crippen LogP contribution in [0.4, 0.5) is 0 Å². The second kappa shape index (κ2) is 5.54. The van der Waals surface area contributed by atoms with Crippen LogP contribution in [0.25, 0.3) is 0 Å². The Balaban J connectivity index is 3.99. The Morgan fingerprint density at radius 1 is 1.62 bits per heavy atom. The van der Waals surface area contributed by atoms with Gasteiger partial charge in [-0.3, -0.25) is 4.79 Å². The van der Waals surface area contributed by atoms with Crippen molar-refractivity contribution in [3.63, 3.8) is 0 Å². The highest BCUT2D eigenvalue weighted by molar-refractivity contribution is 5.71. The summed E-state index contributed by atoms with van der Waals surface area (Å²) < 4.78 is 4.94. The van der Waals surface area contributed by atoms with Crippen molar-refractivity contribution in [1.29, 1.82) is 0 Å². The third kappa shape index (κ3) is 4.48. The molecule has 0 aromatic rings. The topological polar surface area (TPSA) is 46.5 Å². The maximum Gasteiger partial charge on any atom is 0.310 e. The lowest BCUT2D eigenvalue weighted by molar-refractivity contribution is -0.145. The normalized spacial score (nSPS) is 14.4. The summed E-state index contributed by atoms with van der Waals surface area (Å²) in [5.41, 5.74) is 0.498. The number of carbonyl (C=O) groups is 1. The highest BCUT2D eigenvalue weighted by Crippen LogP contribution is 2.09. The molecular weight excluding hydrogens is 168 g/mol. The summed E-state index contributed by atoms with van der Waals surface area (Å²) in [6.07, 6.45) is 0.538. The summed E-state index contributed by atoms with van der Waals surface area (Å²) in [5.74, 6) is -0.357. The molecule has 3 nitrogen and oxygen atoms in total. The van der Waals surface area contributed by atoms with Crippen LogP contribution in [0.2, 0.25) is 0 Å². The molecule has 0 aromatic heterocycles. The second-order valence-electron chi connectivity index (χ2n) is 2.88. The van der Waals surface area contributed by atoms with Crippen LogP contribution in [-0.4, -0.2) is 23.3 Å². The fourth-order valence-electron chi connectivity index (χ4n) is 0.778. The van der Waals surface area contributed by atoms with E-state index in [1.807, 2.05) is 0 Å².